The normalized spacial score (nSPS) is 17.1. The second-order valence-corrected chi connectivity index (χ2v) is 8.94. The van der Waals surface area contributed by atoms with E-state index < -0.39 is 0 Å². The summed E-state index contributed by atoms with van der Waals surface area (Å²) in [7, 11) is 2.07. The first kappa shape index (κ1) is 23.4. The Morgan fingerprint density at radius 2 is 1.97 bits per heavy atom. The minimum absolute atomic E-state index is 0.296. The van der Waals surface area contributed by atoms with Crippen molar-refractivity contribution in [2.75, 3.05) is 56.8 Å². The van der Waals surface area contributed by atoms with E-state index in [-0.39, 0.29) is 5.91 Å². The summed E-state index contributed by atoms with van der Waals surface area (Å²) in [5.41, 5.74) is 3.85. The number of carbonyl (C=O) groups is 2. The van der Waals surface area contributed by atoms with Crippen LogP contribution in [0.4, 0.5) is 11.4 Å². The van der Waals surface area contributed by atoms with Gasteiger partial charge in [0, 0.05) is 56.8 Å². The summed E-state index contributed by atoms with van der Waals surface area (Å²) in [6.07, 6.45) is 7.73. The Morgan fingerprint density at radius 3 is 2.74 bits per heavy atom. The van der Waals surface area contributed by atoms with Gasteiger partial charge in [0.2, 0.25) is 0 Å². The highest BCUT2D eigenvalue weighted by Gasteiger charge is 2.23. The summed E-state index contributed by atoms with van der Waals surface area (Å²) >= 11 is 0. The maximum absolute atomic E-state index is 13.3. The molecule has 4 heterocycles. The summed E-state index contributed by atoms with van der Waals surface area (Å²) in [6.45, 7) is 4.65. The Bertz CT molecular complexity index is 1200. The molecule has 0 radical (unpaired) electrons. The zero-order chi connectivity index (χ0) is 24.2. The number of nitrogens with one attached hydrogen (secondary N) is 1. The summed E-state index contributed by atoms with van der Waals surface area (Å²) < 4.78 is 12.6. The lowest BCUT2D eigenvalue weighted by atomic mass is 10.0. The molecular formula is C25H30N6O4. The molecule has 0 spiro atoms. The lowest BCUT2D eigenvalue weighted by molar-refractivity contribution is 0.0406. The molecule has 0 saturated carbocycles. The molecule has 2 fully saturated rings. The SMILES string of the molecule is CN(Cc1cc(NC(=O)c2cnn3cccnc23)c(N2CCOCC2)cc1C=O)C1CCOCC1. The van der Waals surface area contributed by atoms with Gasteiger partial charge in [0.25, 0.3) is 5.91 Å². The van der Waals surface area contributed by atoms with Crippen molar-refractivity contribution in [2.45, 2.75) is 25.4 Å². The molecule has 2 aromatic heterocycles. The number of amides is 1. The Balaban J connectivity index is 1.48. The highest BCUT2D eigenvalue weighted by Crippen LogP contribution is 2.32. The number of morpholine rings is 1. The van der Waals surface area contributed by atoms with Crippen LogP contribution in [-0.2, 0) is 16.0 Å². The zero-order valence-electron chi connectivity index (χ0n) is 19.9. The molecule has 1 amide bonds. The van der Waals surface area contributed by atoms with Gasteiger partial charge >= 0.3 is 0 Å². The Hall–Kier alpha value is -3.34. The van der Waals surface area contributed by atoms with Gasteiger partial charge in [-0.05, 0) is 43.7 Å². The van der Waals surface area contributed by atoms with Gasteiger partial charge in [0.1, 0.15) is 11.8 Å². The molecule has 10 heteroatoms. The van der Waals surface area contributed by atoms with Crippen molar-refractivity contribution >= 4 is 29.2 Å². The average molecular weight is 479 g/mol. The Labute approximate surface area is 203 Å². The average Bonchev–Trinajstić information content (AvgIpc) is 3.34. The van der Waals surface area contributed by atoms with Gasteiger partial charge in [-0.15, -0.1) is 0 Å². The fourth-order valence-corrected chi connectivity index (χ4v) is 4.76. The summed E-state index contributed by atoms with van der Waals surface area (Å²) in [6, 6.07) is 5.97. The van der Waals surface area contributed by atoms with Gasteiger partial charge in [0.15, 0.2) is 5.65 Å². The summed E-state index contributed by atoms with van der Waals surface area (Å²) in [5, 5.41) is 7.31. The quantitative estimate of drug-likeness (QED) is 0.516. The van der Waals surface area contributed by atoms with E-state index in [1.54, 1.807) is 23.0 Å². The highest BCUT2D eigenvalue weighted by atomic mass is 16.5. The molecule has 2 aliphatic heterocycles. The highest BCUT2D eigenvalue weighted by molar-refractivity contribution is 6.09. The van der Waals surface area contributed by atoms with E-state index in [0.717, 1.165) is 43.6 Å². The van der Waals surface area contributed by atoms with E-state index in [2.05, 4.69) is 32.2 Å². The number of carbonyl (C=O) groups excluding carboxylic acids is 2. The van der Waals surface area contributed by atoms with Gasteiger partial charge in [-0.1, -0.05) is 0 Å². The molecule has 2 aliphatic rings. The van der Waals surface area contributed by atoms with Gasteiger partial charge in [-0.3, -0.25) is 14.5 Å². The fraction of sp³-hybridized carbons (Fsp3) is 0.440. The predicted octanol–water partition coefficient (Wildman–Crippen LogP) is 2.24. The second kappa shape index (κ2) is 10.5. The topological polar surface area (TPSA) is 101 Å². The first-order chi connectivity index (χ1) is 17.1. The largest absolute Gasteiger partial charge is 0.381 e. The van der Waals surface area contributed by atoms with E-state index in [1.165, 1.54) is 6.20 Å². The first-order valence-electron chi connectivity index (χ1n) is 12.0. The molecule has 10 nitrogen and oxygen atoms in total. The van der Waals surface area contributed by atoms with Gasteiger partial charge in [0.05, 0.1) is 30.8 Å². The van der Waals surface area contributed by atoms with Crippen LogP contribution in [0.2, 0.25) is 0 Å². The van der Waals surface area contributed by atoms with Crippen LogP contribution in [0.3, 0.4) is 0 Å². The monoisotopic (exact) mass is 478 g/mol. The molecule has 1 aromatic carbocycles. The molecule has 0 atom stereocenters. The number of anilines is 2. The maximum Gasteiger partial charge on any atom is 0.261 e. The first-order valence-corrected chi connectivity index (χ1v) is 12.0. The fourth-order valence-electron chi connectivity index (χ4n) is 4.76. The van der Waals surface area contributed by atoms with Gasteiger partial charge in [-0.25, -0.2) is 9.50 Å². The van der Waals surface area contributed by atoms with Crippen LogP contribution in [0.15, 0.2) is 36.8 Å². The number of ether oxygens (including phenoxy) is 2. The van der Waals surface area contributed by atoms with E-state index in [1.807, 2.05) is 12.1 Å². The Morgan fingerprint density at radius 1 is 1.20 bits per heavy atom. The molecule has 5 rings (SSSR count). The third kappa shape index (κ3) is 5.04. The number of aldehydes is 1. The van der Waals surface area contributed by atoms with Gasteiger partial charge in [-0.2, -0.15) is 5.10 Å². The van der Waals surface area contributed by atoms with Crippen LogP contribution in [0.5, 0.6) is 0 Å². The van der Waals surface area contributed by atoms with Crippen LogP contribution in [-0.4, -0.2) is 84.3 Å². The van der Waals surface area contributed by atoms with E-state index in [4.69, 9.17) is 9.47 Å². The van der Waals surface area contributed by atoms with Crippen LogP contribution < -0.4 is 10.2 Å². The van der Waals surface area contributed by atoms with Crippen molar-refractivity contribution in [1.29, 1.82) is 0 Å². The minimum atomic E-state index is -0.296. The molecule has 184 valence electrons. The molecule has 35 heavy (non-hydrogen) atoms. The van der Waals surface area contributed by atoms with Crippen molar-refractivity contribution < 1.29 is 19.1 Å². The molecule has 3 aromatic rings. The molecule has 1 N–H and O–H groups in total. The molecule has 2 saturated heterocycles. The smallest absolute Gasteiger partial charge is 0.261 e. The standard InChI is InChI=1S/C25H30N6O4/c1-29(20-3-9-34-10-4-20)16-18-13-22(23(14-19(18)17-32)30-7-11-35-12-8-30)28-25(33)21-15-27-31-6-2-5-26-24(21)31/h2,5-6,13-15,17,20H,3-4,7-12,16H2,1H3,(H,28,33). The van der Waals surface area contributed by atoms with E-state index >= 15 is 0 Å². The zero-order valence-corrected chi connectivity index (χ0v) is 19.9. The molecule has 0 unspecified atom stereocenters. The van der Waals surface area contributed by atoms with Crippen LogP contribution in [0, 0.1) is 0 Å². The third-order valence-corrected chi connectivity index (χ3v) is 6.74. The predicted molar refractivity (Wildman–Crippen MR) is 131 cm³/mol. The van der Waals surface area contributed by atoms with Crippen molar-refractivity contribution in [3.05, 3.63) is 53.5 Å². The number of nitrogens with zero attached hydrogens (tertiary/aromatic N) is 5. The number of aromatic nitrogens is 3. The minimum Gasteiger partial charge on any atom is -0.381 e. The van der Waals surface area contributed by atoms with Gasteiger partial charge < -0.3 is 19.7 Å². The van der Waals surface area contributed by atoms with Crippen molar-refractivity contribution in [3.63, 3.8) is 0 Å². The molecule has 0 bridgehead atoms. The second-order valence-electron chi connectivity index (χ2n) is 8.94. The Kier molecular flexibility index (Phi) is 7.03. The number of hydrogen-bond acceptors (Lipinski definition) is 8. The summed E-state index contributed by atoms with van der Waals surface area (Å²) in [5.74, 6) is -0.296. The van der Waals surface area contributed by atoms with E-state index in [9.17, 15) is 9.59 Å². The van der Waals surface area contributed by atoms with Crippen molar-refractivity contribution in [3.8, 4) is 0 Å². The van der Waals surface area contributed by atoms with Crippen LogP contribution in [0.25, 0.3) is 5.65 Å². The van der Waals surface area contributed by atoms with Crippen molar-refractivity contribution in [2.24, 2.45) is 0 Å². The van der Waals surface area contributed by atoms with Crippen molar-refractivity contribution in [1.82, 2.24) is 19.5 Å². The summed E-state index contributed by atoms with van der Waals surface area (Å²) in [4.78, 5) is 34.1. The third-order valence-electron chi connectivity index (χ3n) is 6.74. The number of fused-ring (bicyclic) bond motifs is 1. The number of benzene rings is 1. The maximum atomic E-state index is 13.3. The molecular weight excluding hydrogens is 448 g/mol. The molecule has 0 aliphatic carbocycles. The number of hydrogen-bond donors (Lipinski definition) is 1. The lowest BCUT2D eigenvalue weighted by Crippen LogP contribution is -2.37. The lowest BCUT2D eigenvalue weighted by Gasteiger charge is -2.33. The van der Waals surface area contributed by atoms with Crippen LogP contribution in [0.1, 0.15) is 39.1 Å². The van der Waals surface area contributed by atoms with E-state index in [0.29, 0.717) is 61.4 Å². The number of rotatable bonds is 7. The van der Waals surface area contributed by atoms with Crippen LogP contribution >= 0.6 is 0 Å².